The van der Waals surface area contributed by atoms with Crippen LogP contribution in [-0.2, 0) is 44.0 Å². The molecule has 3 aliphatic rings. The maximum absolute atomic E-state index is 14.3. The number of carbonyl (C=O) groups is 7. The van der Waals surface area contributed by atoms with E-state index in [4.69, 9.17) is 16.0 Å². The van der Waals surface area contributed by atoms with E-state index in [9.17, 15) is 87.9 Å². The van der Waals surface area contributed by atoms with Crippen molar-refractivity contribution in [1.29, 1.82) is 0 Å². The topological polar surface area (TPSA) is 472 Å². The molecule has 0 saturated carbocycles. The summed E-state index contributed by atoms with van der Waals surface area (Å²) in [7, 11) is -5.30. The Morgan fingerprint density at radius 3 is 2.03 bits per heavy atom. The number of nitrogens with zero attached hydrogens (tertiary/aromatic N) is 2. The summed E-state index contributed by atoms with van der Waals surface area (Å²) in [6, 6.07) is -10.2. The highest BCUT2D eigenvalue weighted by atomic mass is 32.3. The van der Waals surface area contributed by atoms with Gasteiger partial charge in [0.25, 0.3) is 0 Å². The maximum Gasteiger partial charge on any atom is 0.446 e. The number of aromatic hydroxyl groups is 1. The van der Waals surface area contributed by atoms with Crippen LogP contribution < -0.4 is 36.9 Å². The monoisotopic (exact) mass is 936 g/mol. The minimum atomic E-state index is -5.30. The lowest BCUT2D eigenvalue weighted by Crippen LogP contribution is -2.64. The molecule has 18 N–H and O–H groups in total. The molecule has 0 bridgehead atoms. The fourth-order valence-corrected chi connectivity index (χ4v) is 7.77. The highest BCUT2D eigenvalue weighted by molar-refractivity contribution is 7.81. The van der Waals surface area contributed by atoms with Crippen LogP contribution >= 0.6 is 0 Å². The van der Waals surface area contributed by atoms with Gasteiger partial charge in [-0.05, 0) is 24.6 Å². The van der Waals surface area contributed by atoms with Crippen LogP contribution in [0.4, 0.5) is 0 Å². The largest absolute Gasteiger partial charge is 0.504 e. The molecule has 3 heterocycles. The predicted octanol–water partition coefficient (Wildman–Crippen LogP) is -9.26. The van der Waals surface area contributed by atoms with Crippen LogP contribution in [-0.4, -0.2) is 202 Å². The number of benzene rings is 1. The number of aliphatic hydroxyl groups is 8. The summed E-state index contributed by atoms with van der Waals surface area (Å²) in [5, 5.41) is 106. The average Bonchev–Trinajstić information content (AvgIpc) is 3.74. The summed E-state index contributed by atoms with van der Waals surface area (Å²) >= 11 is 0. The van der Waals surface area contributed by atoms with Crippen molar-refractivity contribution in [2.24, 2.45) is 17.4 Å². The van der Waals surface area contributed by atoms with E-state index in [1.165, 1.54) is 6.92 Å². The number of hydrogen-bond acceptors (Lipinski definition) is 20. The van der Waals surface area contributed by atoms with E-state index >= 15 is 0 Å². The van der Waals surface area contributed by atoms with Crippen molar-refractivity contribution < 1.29 is 96.7 Å². The summed E-state index contributed by atoms with van der Waals surface area (Å²) in [5.41, 5.74) is 10.6. The van der Waals surface area contributed by atoms with E-state index in [2.05, 4.69) is 14.8 Å². The lowest BCUT2D eigenvalue weighted by Gasteiger charge is -2.34. The molecular weight excluding hydrogens is 884 g/mol. The summed E-state index contributed by atoms with van der Waals surface area (Å²) in [4.78, 5) is 96.6. The van der Waals surface area contributed by atoms with Crippen molar-refractivity contribution >= 4 is 51.7 Å². The lowest BCUT2D eigenvalue weighted by atomic mass is 9.96. The van der Waals surface area contributed by atoms with E-state index in [0.29, 0.717) is 15.9 Å². The molecule has 29 heteroatoms. The van der Waals surface area contributed by atoms with Crippen molar-refractivity contribution in [3.8, 4) is 11.5 Å². The van der Waals surface area contributed by atoms with E-state index in [-0.39, 0.29) is 0 Å². The van der Waals surface area contributed by atoms with Crippen molar-refractivity contribution in [3.05, 3.63) is 23.8 Å². The minimum absolute atomic E-state index is 0.508. The van der Waals surface area contributed by atoms with E-state index in [1.54, 1.807) is 0 Å². The molecule has 7 amide bonds. The number of aliphatic hydroxyl groups excluding tert-OH is 8. The third-order valence-electron chi connectivity index (χ3n) is 10.8. The Kier molecular flexibility index (Phi) is 16.6. The van der Waals surface area contributed by atoms with Gasteiger partial charge in [0.05, 0.1) is 36.9 Å². The average molecular weight is 937 g/mol. The van der Waals surface area contributed by atoms with Gasteiger partial charge in [0.15, 0.2) is 17.7 Å². The summed E-state index contributed by atoms with van der Waals surface area (Å²) in [6.45, 7) is 1.26. The van der Waals surface area contributed by atoms with Crippen LogP contribution in [0, 0.1) is 5.92 Å². The molecule has 3 saturated heterocycles. The first-order valence-corrected chi connectivity index (χ1v) is 20.8. The highest BCUT2D eigenvalue weighted by Gasteiger charge is 2.50. The molecule has 0 spiro atoms. The zero-order chi connectivity index (χ0) is 48.3. The minimum Gasteiger partial charge on any atom is -0.504 e. The fourth-order valence-electron chi connectivity index (χ4n) is 7.41. The number of phenolic OH excluding ortho intramolecular Hbond substituents is 1. The second-order valence-corrected chi connectivity index (χ2v) is 16.8. The molecule has 1 aromatic carbocycles. The third kappa shape index (κ3) is 12.1. The molecule has 0 aliphatic carbocycles. The number of rotatable bonds is 9. The van der Waals surface area contributed by atoms with Crippen molar-refractivity contribution in [2.75, 3.05) is 13.1 Å². The van der Waals surface area contributed by atoms with Crippen LogP contribution in [0.2, 0.25) is 0 Å². The maximum atomic E-state index is 14.3. The molecule has 15 atom stereocenters. The second kappa shape index (κ2) is 20.7. The van der Waals surface area contributed by atoms with Gasteiger partial charge in [0.2, 0.25) is 41.4 Å². The highest BCUT2D eigenvalue weighted by Crippen LogP contribution is 2.32. The molecule has 3 fully saturated rings. The van der Waals surface area contributed by atoms with Crippen LogP contribution in [0.3, 0.4) is 0 Å². The lowest BCUT2D eigenvalue weighted by molar-refractivity contribution is -0.149. The molecule has 4 rings (SSSR count). The first-order valence-electron chi connectivity index (χ1n) is 19.4. The Morgan fingerprint density at radius 2 is 1.44 bits per heavy atom. The molecule has 1 unspecified atom stereocenters. The Labute approximate surface area is 363 Å². The SMILES string of the molecule is C[C@@H](O)[C@@H]1NC(=O)[C@@H](N)C[C@@H](O)[C@@H](O)NC(=O)C2[C@@H](O)[C@@H](C)CN2C(=O)[C@H]([C@H](O)CC(N)=O)NC(=O)[C@H]([C@H](O)[C@@H](O)c2ccc(O)c(OS(=O)(=O)O)c2)NC(=O)[C@@H]2C[C@@H](O)CN2C1=O. The van der Waals surface area contributed by atoms with Gasteiger partial charge in [-0.25, -0.2) is 0 Å². The number of nitrogens with one attached hydrogen (secondary N) is 4. The molecule has 358 valence electrons. The number of primary amides is 1. The summed E-state index contributed by atoms with van der Waals surface area (Å²) in [5.74, 6) is -12.4. The Bertz CT molecular complexity index is 2060. The first-order chi connectivity index (χ1) is 29.6. The molecule has 64 heavy (non-hydrogen) atoms. The van der Waals surface area contributed by atoms with Crippen molar-refractivity contribution in [1.82, 2.24) is 31.1 Å². The van der Waals surface area contributed by atoms with Gasteiger partial charge < -0.3 is 92.7 Å². The van der Waals surface area contributed by atoms with Gasteiger partial charge in [-0.1, -0.05) is 13.0 Å². The smallest absolute Gasteiger partial charge is 0.446 e. The van der Waals surface area contributed by atoms with Crippen LogP contribution in [0.25, 0.3) is 0 Å². The van der Waals surface area contributed by atoms with Gasteiger partial charge in [0.1, 0.15) is 48.5 Å². The standard InChI is InChI=1S/C35H52N8O20S/c1-11-9-43-25(26(11)50)33(57)41-31(55)19(48)7-15(36)29(53)38-22(12(2)44)34(58)42-10-14(45)6-16(42)30(54)40-24(32(56)39-23(35(43)59)18(47)8-21(37)49)28(52)27(51)13-3-4-17(46)20(5-13)63-64(60,61)62/h3-5,11-12,14-16,18-19,22-28,31,44-48,50-52,55H,6-10,36H2,1-2H3,(H2,37,49)(H,38,53)(H,39,56)(H,40,54)(H,41,57)(H,60,61,62)/t11-,12+,14+,15-,16-,18+,19+,22-,23-,24-,25?,26-,27-,28-,31+/m0/s1. The number of fused-ring (bicyclic) bond motifs is 2. The third-order valence-corrected chi connectivity index (χ3v) is 11.2. The van der Waals surface area contributed by atoms with Crippen LogP contribution in [0.15, 0.2) is 18.2 Å². The quantitative estimate of drug-likeness (QED) is 0.102. The summed E-state index contributed by atoms with van der Waals surface area (Å²) < 4.78 is 36.2. The number of phenols is 1. The second-order valence-electron chi connectivity index (χ2n) is 15.8. The molecule has 1 aromatic rings. The van der Waals surface area contributed by atoms with Crippen LogP contribution in [0.5, 0.6) is 11.5 Å². The number of hydrogen-bond donors (Lipinski definition) is 16. The van der Waals surface area contributed by atoms with Gasteiger partial charge in [-0.15, -0.1) is 0 Å². The van der Waals surface area contributed by atoms with E-state index < -0.39 is 192 Å². The predicted molar refractivity (Wildman–Crippen MR) is 208 cm³/mol. The fraction of sp³-hybridized carbons (Fsp3) is 0.629. The van der Waals surface area contributed by atoms with Gasteiger partial charge >= 0.3 is 10.4 Å². The zero-order valence-corrected chi connectivity index (χ0v) is 34.8. The summed E-state index contributed by atoms with van der Waals surface area (Å²) in [6.07, 6.45) is -19.1. The molecule has 0 radical (unpaired) electrons. The van der Waals surface area contributed by atoms with Gasteiger partial charge in [-0.2, -0.15) is 8.42 Å². The van der Waals surface area contributed by atoms with Crippen molar-refractivity contribution in [3.63, 3.8) is 0 Å². The van der Waals surface area contributed by atoms with E-state index in [0.717, 1.165) is 19.1 Å². The Balaban J connectivity index is 1.88. The molecule has 0 aromatic heterocycles. The molecule has 28 nitrogen and oxygen atoms in total. The number of carbonyl (C=O) groups excluding carboxylic acids is 7. The zero-order valence-electron chi connectivity index (χ0n) is 33.9. The van der Waals surface area contributed by atoms with Crippen LogP contribution in [0.1, 0.15) is 44.8 Å². The number of nitrogens with two attached hydrogens (primary N) is 2. The van der Waals surface area contributed by atoms with Gasteiger partial charge in [-0.3, -0.25) is 38.1 Å². The Hall–Kier alpha value is -5.34. The molecule has 3 aliphatic heterocycles. The van der Waals surface area contributed by atoms with Crippen molar-refractivity contribution in [2.45, 2.75) is 118 Å². The number of amides is 7. The van der Waals surface area contributed by atoms with E-state index in [1.807, 2.05) is 10.6 Å². The first kappa shape index (κ1) is 51.3. The van der Waals surface area contributed by atoms with Gasteiger partial charge in [0, 0.05) is 31.8 Å². The Morgan fingerprint density at radius 1 is 0.844 bits per heavy atom. The normalized spacial score (nSPS) is 32.4. The molecular formula is C35H52N8O20S.